The topological polar surface area (TPSA) is 53.8 Å². The first kappa shape index (κ1) is 14.3. The zero-order valence-corrected chi connectivity index (χ0v) is 11.9. The van der Waals surface area contributed by atoms with Crippen LogP contribution in [0, 0.1) is 11.3 Å². The molecule has 0 fully saturated rings. The highest BCUT2D eigenvalue weighted by atomic mass is 32.2. The average Bonchev–Trinajstić information content (AvgIpc) is 2.50. The smallest absolute Gasteiger partial charge is 0.186 e. The average molecular weight is 282 g/mol. The van der Waals surface area contributed by atoms with Crippen LogP contribution in [0.3, 0.4) is 0 Å². The molecule has 0 bridgehead atoms. The molecule has 2 aromatic rings. The monoisotopic (exact) mass is 282 g/mol. The highest BCUT2D eigenvalue weighted by Crippen LogP contribution is 2.19. The van der Waals surface area contributed by atoms with Crippen LogP contribution in [-0.4, -0.2) is 17.0 Å². The van der Waals surface area contributed by atoms with Crippen LogP contribution in [0.2, 0.25) is 0 Å². The van der Waals surface area contributed by atoms with Crippen molar-refractivity contribution < 1.29 is 4.79 Å². The summed E-state index contributed by atoms with van der Waals surface area (Å²) in [4.78, 5) is 16.5. The van der Waals surface area contributed by atoms with Crippen molar-refractivity contribution in [2.24, 2.45) is 0 Å². The van der Waals surface area contributed by atoms with Gasteiger partial charge in [-0.25, -0.2) is 0 Å². The van der Waals surface area contributed by atoms with Crippen LogP contribution in [0.25, 0.3) is 0 Å². The van der Waals surface area contributed by atoms with E-state index in [9.17, 15) is 10.1 Å². The third-order valence-electron chi connectivity index (χ3n) is 2.92. The minimum absolute atomic E-state index is 0.207. The summed E-state index contributed by atoms with van der Waals surface area (Å²) in [6, 6.07) is 14.7. The Morgan fingerprint density at radius 2 is 2.05 bits per heavy atom. The number of pyridine rings is 1. The molecule has 0 saturated heterocycles. The Morgan fingerprint density at radius 1 is 1.30 bits per heavy atom. The fourth-order valence-electron chi connectivity index (χ4n) is 1.90. The van der Waals surface area contributed by atoms with Crippen molar-refractivity contribution in [3.8, 4) is 6.07 Å². The summed E-state index contributed by atoms with van der Waals surface area (Å²) in [6.07, 6.45) is 3.63. The van der Waals surface area contributed by atoms with Crippen LogP contribution in [0.15, 0.2) is 48.7 Å². The van der Waals surface area contributed by atoms with Crippen LogP contribution in [0.5, 0.6) is 0 Å². The van der Waals surface area contributed by atoms with Crippen LogP contribution in [0.1, 0.15) is 27.5 Å². The normalized spacial score (nSPS) is 11.6. The molecule has 0 aliphatic rings. The minimum atomic E-state index is -0.845. The summed E-state index contributed by atoms with van der Waals surface area (Å²) in [6.45, 7) is 0. The zero-order chi connectivity index (χ0) is 14.4. The van der Waals surface area contributed by atoms with Gasteiger partial charge in [-0.2, -0.15) is 17.0 Å². The number of ketones is 1. The summed E-state index contributed by atoms with van der Waals surface area (Å²) >= 11 is 1.73. The van der Waals surface area contributed by atoms with Gasteiger partial charge < -0.3 is 0 Å². The molecule has 0 aliphatic heterocycles. The van der Waals surface area contributed by atoms with Gasteiger partial charge in [0.05, 0.1) is 11.8 Å². The molecule has 0 aliphatic carbocycles. The van der Waals surface area contributed by atoms with Gasteiger partial charge in [0, 0.05) is 17.5 Å². The van der Waals surface area contributed by atoms with Gasteiger partial charge in [0.25, 0.3) is 0 Å². The van der Waals surface area contributed by atoms with E-state index >= 15 is 0 Å². The predicted molar refractivity (Wildman–Crippen MR) is 80.6 cm³/mol. The number of hydrogen-bond donors (Lipinski definition) is 0. The number of aromatic nitrogens is 1. The zero-order valence-electron chi connectivity index (χ0n) is 11.1. The Labute approximate surface area is 122 Å². The van der Waals surface area contributed by atoms with Crippen LogP contribution in [-0.2, 0) is 5.75 Å². The van der Waals surface area contributed by atoms with Gasteiger partial charge in [0.1, 0.15) is 0 Å². The molecule has 0 spiro atoms. The largest absolute Gasteiger partial charge is 0.292 e. The summed E-state index contributed by atoms with van der Waals surface area (Å²) in [5.74, 6) is -0.138. The van der Waals surface area contributed by atoms with Gasteiger partial charge in [0.2, 0.25) is 0 Å². The van der Waals surface area contributed by atoms with Crippen LogP contribution < -0.4 is 0 Å². The molecule has 0 radical (unpaired) electrons. The van der Waals surface area contributed by atoms with Crippen LogP contribution >= 0.6 is 11.8 Å². The maximum Gasteiger partial charge on any atom is 0.186 e. The number of thioether (sulfide) groups is 1. The Morgan fingerprint density at radius 3 is 2.60 bits per heavy atom. The Hall–Kier alpha value is -2.12. The fourth-order valence-corrected chi connectivity index (χ4v) is 2.43. The molecule has 0 amide bonds. The van der Waals surface area contributed by atoms with Gasteiger partial charge in [-0.05, 0) is 24.0 Å². The van der Waals surface area contributed by atoms with Gasteiger partial charge in [-0.15, -0.1) is 0 Å². The van der Waals surface area contributed by atoms with E-state index in [0.717, 1.165) is 5.75 Å². The molecule has 100 valence electrons. The second-order valence-electron chi connectivity index (χ2n) is 4.31. The molecule has 1 atom stereocenters. The Bertz CT molecular complexity index is 617. The molecule has 0 saturated carbocycles. The molecule has 4 heteroatoms. The number of benzene rings is 1. The first-order chi connectivity index (χ1) is 9.76. The van der Waals surface area contributed by atoms with E-state index in [4.69, 9.17) is 0 Å². The maximum atomic E-state index is 12.4. The Kier molecular flexibility index (Phi) is 4.91. The van der Waals surface area contributed by atoms with Crippen molar-refractivity contribution in [2.75, 3.05) is 6.26 Å². The number of carbonyl (C=O) groups excluding carboxylic acids is 1. The molecule has 20 heavy (non-hydrogen) atoms. The molecule has 2 rings (SSSR count). The van der Waals surface area contributed by atoms with Crippen molar-refractivity contribution in [1.29, 1.82) is 5.26 Å². The second kappa shape index (κ2) is 6.88. The lowest BCUT2D eigenvalue weighted by molar-refractivity contribution is 0.0977. The van der Waals surface area contributed by atoms with E-state index in [1.165, 1.54) is 5.56 Å². The van der Waals surface area contributed by atoms with Crippen molar-refractivity contribution in [2.45, 2.75) is 11.7 Å². The fraction of sp³-hybridized carbons (Fsp3) is 0.188. The number of carbonyl (C=O) groups is 1. The van der Waals surface area contributed by atoms with Crippen molar-refractivity contribution >= 4 is 17.5 Å². The summed E-state index contributed by atoms with van der Waals surface area (Å²) < 4.78 is 0. The maximum absolute atomic E-state index is 12.4. The molecule has 1 heterocycles. The first-order valence-corrected chi connectivity index (χ1v) is 7.58. The molecular formula is C16H14N2OS. The second-order valence-corrected chi connectivity index (χ2v) is 5.18. The molecule has 0 N–H and O–H groups in total. The number of hydrogen-bond acceptors (Lipinski definition) is 4. The minimum Gasteiger partial charge on any atom is -0.292 e. The quantitative estimate of drug-likeness (QED) is 0.788. The van der Waals surface area contributed by atoms with Gasteiger partial charge >= 0.3 is 0 Å². The van der Waals surface area contributed by atoms with Gasteiger partial charge in [0.15, 0.2) is 11.7 Å². The van der Waals surface area contributed by atoms with E-state index in [0.29, 0.717) is 11.3 Å². The lowest BCUT2D eigenvalue weighted by Gasteiger charge is -2.08. The Balaban J connectivity index is 2.23. The number of rotatable bonds is 5. The highest BCUT2D eigenvalue weighted by Gasteiger charge is 2.22. The summed E-state index contributed by atoms with van der Waals surface area (Å²) in [5, 5.41) is 9.24. The lowest BCUT2D eigenvalue weighted by atomic mass is 9.95. The molecule has 1 aromatic carbocycles. The van der Waals surface area contributed by atoms with E-state index in [2.05, 4.69) is 4.98 Å². The van der Waals surface area contributed by atoms with Gasteiger partial charge in [-0.3, -0.25) is 9.78 Å². The summed E-state index contributed by atoms with van der Waals surface area (Å²) in [5.41, 5.74) is 2.21. The third-order valence-corrected chi connectivity index (χ3v) is 3.55. The standard InChI is InChI=1S/C16H14N2OS/c1-20-11-12-5-7-13(8-6-12)16(19)14(10-17)15-4-2-3-9-18-15/h2-9,14H,11H2,1H3. The molecule has 1 aromatic heterocycles. The predicted octanol–water partition coefficient (Wildman–Crippen LogP) is 3.43. The van der Waals surface area contributed by atoms with E-state index in [1.807, 2.05) is 24.5 Å². The van der Waals surface area contributed by atoms with Crippen molar-refractivity contribution in [3.63, 3.8) is 0 Å². The van der Waals surface area contributed by atoms with Gasteiger partial charge in [-0.1, -0.05) is 30.3 Å². The highest BCUT2D eigenvalue weighted by molar-refractivity contribution is 7.97. The van der Waals surface area contributed by atoms with E-state index in [1.54, 1.807) is 48.3 Å². The van der Waals surface area contributed by atoms with E-state index in [-0.39, 0.29) is 5.78 Å². The number of nitrogens with zero attached hydrogens (tertiary/aromatic N) is 2. The summed E-state index contributed by atoms with van der Waals surface area (Å²) in [7, 11) is 0. The SMILES string of the molecule is CSCc1ccc(C(=O)C(C#N)c2ccccn2)cc1. The van der Waals surface area contributed by atoms with Crippen LogP contribution in [0.4, 0.5) is 0 Å². The van der Waals surface area contributed by atoms with Crippen molar-refractivity contribution in [1.82, 2.24) is 4.98 Å². The molecule has 3 nitrogen and oxygen atoms in total. The number of nitriles is 1. The number of Topliss-reactive ketones (excluding diaryl/α,β-unsaturated/α-hetero) is 1. The molecule has 1 unspecified atom stereocenters. The molecular weight excluding hydrogens is 268 g/mol. The first-order valence-electron chi connectivity index (χ1n) is 6.19. The van der Waals surface area contributed by atoms with Crippen molar-refractivity contribution in [3.05, 3.63) is 65.5 Å². The lowest BCUT2D eigenvalue weighted by Crippen LogP contribution is -2.12. The van der Waals surface area contributed by atoms with E-state index < -0.39 is 5.92 Å². The third kappa shape index (κ3) is 3.25.